The Morgan fingerprint density at radius 2 is 2.21 bits per heavy atom. The van der Waals surface area contributed by atoms with Crippen molar-refractivity contribution in [2.24, 2.45) is 5.73 Å². The summed E-state index contributed by atoms with van der Waals surface area (Å²) in [6.45, 7) is -0.185. The molecule has 2 aromatic rings. The number of carboxylic acid groups (broad SMARTS) is 1. The summed E-state index contributed by atoms with van der Waals surface area (Å²) < 4.78 is 38.3. The second kappa shape index (κ2) is 4.50. The zero-order chi connectivity index (χ0) is 14.2. The summed E-state index contributed by atoms with van der Waals surface area (Å²) in [5.74, 6) is -2.21. The molecule has 102 valence electrons. The molecule has 0 aliphatic heterocycles. The van der Waals surface area contributed by atoms with E-state index in [1.807, 2.05) is 0 Å². The first-order valence-electron chi connectivity index (χ1n) is 5.18. The van der Waals surface area contributed by atoms with Gasteiger partial charge in [-0.05, 0) is 0 Å². The van der Waals surface area contributed by atoms with Crippen LogP contribution in [0, 0.1) is 0 Å². The second-order valence-electron chi connectivity index (χ2n) is 3.84. The quantitative estimate of drug-likeness (QED) is 0.866. The zero-order valence-corrected chi connectivity index (χ0v) is 9.42. The maximum Gasteiger partial charge on any atom is 0.435 e. The molecule has 3 N–H and O–H groups in total. The van der Waals surface area contributed by atoms with Crippen LogP contribution in [0.3, 0.4) is 0 Å². The molecule has 1 atom stereocenters. The number of hydrogen-bond acceptors (Lipinski definition) is 4. The Hall–Kier alpha value is -2.16. The molecule has 0 fully saturated rings. The van der Waals surface area contributed by atoms with E-state index < -0.39 is 23.8 Å². The molecule has 0 saturated carbocycles. The number of halogens is 3. The summed E-state index contributed by atoms with van der Waals surface area (Å²) >= 11 is 0. The maximum absolute atomic E-state index is 12.5. The lowest BCUT2D eigenvalue weighted by molar-refractivity contribution is -0.141. The Bertz CT molecular complexity index is 623. The first-order valence-corrected chi connectivity index (χ1v) is 5.18. The summed E-state index contributed by atoms with van der Waals surface area (Å²) in [7, 11) is 0. The fourth-order valence-corrected chi connectivity index (χ4v) is 1.59. The average molecular weight is 274 g/mol. The topological polar surface area (TPSA) is 93.5 Å². The number of rotatable bonds is 3. The van der Waals surface area contributed by atoms with E-state index in [1.165, 1.54) is 12.4 Å². The lowest BCUT2D eigenvalue weighted by Crippen LogP contribution is -2.21. The minimum atomic E-state index is -4.58. The number of fused-ring (bicyclic) bond motifs is 1. The Labute approximate surface area is 104 Å². The van der Waals surface area contributed by atoms with Crippen LogP contribution in [0.15, 0.2) is 18.5 Å². The van der Waals surface area contributed by atoms with E-state index in [-0.39, 0.29) is 17.8 Å². The third-order valence-corrected chi connectivity index (χ3v) is 2.56. The van der Waals surface area contributed by atoms with Crippen LogP contribution in [-0.2, 0) is 11.0 Å². The van der Waals surface area contributed by atoms with Gasteiger partial charge in [-0.25, -0.2) is 9.50 Å². The maximum atomic E-state index is 12.5. The smallest absolute Gasteiger partial charge is 0.435 e. The monoisotopic (exact) mass is 274 g/mol. The van der Waals surface area contributed by atoms with Crippen molar-refractivity contribution in [2.75, 3.05) is 6.54 Å². The van der Waals surface area contributed by atoms with E-state index in [2.05, 4.69) is 10.1 Å². The number of aromatic nitrogens is 3. The molecule has 2 heterocycles. The predicted molar refractivity (Wildman–Crippen MR) is 57.4 cm³/mol. The number of nitrogens with two attached hydrogens (primary N) is 1. The van der Waals surface area contributed by atoms with E-state index in [1.54, 1.807) is 0 Å². The van der Waals surface area contributed by atoms with Crippen molar-refractivity contribution in [3.8, 4) is 0 Å². The largest absolute Gasteiger partial charge is 0.481 e. The number of carbonyl (C=O) groups is 1. The summed E-state index contributed by atoms with van der Waals surface area (Å²) in [6.07, 6.45) is -2.21. The SMILES string of the molecule is NCC(C(=O)O)c1cnc2cc(C(F)(F)F)nn2c1. The predicted octanol–water partition coefficient (Wildman–Crippen LogP) is 0.875. The van der Waals surface area contributed by atoms with Gasteiger partial charge in [0.1, 0.15) is 0 Å². The minimum Gasteiger partial charge on any atom is -0.481 e. The van der Waals surface area contributed by atoms with Gasteiger partial charge in [0.25, 0.3) is 0 Å². The van der Waals surface area contributed by atoms with Crippen molar-refractivity contribution in [3.05, 3.63) is 29.7 Å². The van der Waals surface area contributed by atoms with Gasteiger partial charge in [0.15, 0.2) is 11.3 Å². The lowest BCUT2D eigenvalue weighted by Gasteiger charge is -2.09. The summed E-state index contributed by atoms with van der Waals surface area (Å²) in [5.41, 5.74) is 4.40. The Balaban J connectivity index is 2.49. The van der Waals surface area contributed by atoms with E-state index in [9.17, 15) is 18.0 Å². The van der Waals surface area contributed by atoms with E-state index in [4.69, 9.17) is 10.8 Å². The molecule has 0 amide bonds. The summed E-state index contributed by atoms with van der Waals surface area (Å²) in [5, 5.41) is 12.2. The van der Waals surface area contributed by atoms with Crippen molar-refractivity contribution in [1.82, 2.24) is 14.6 Å². The van der Waals surface area contributed by atoms with Crippen LogP contribution in [0.2, 0.25) is 0 Å². The first-order chi connectivity index (χ1) is 8.82. The molecule has 0 aliphatic carbocycles. The zero-order valence-electron chi connectivity index (χ0n) is 9.42. The van der Waals surface area contributed by atoms with Crippen molar-refractivity contribution in [2.45, 2.75) is 12.1 Å². The number of aliphatic carboxylic acids is 1. The number of hydrogen-bond donors (Lipinski definition) is 2. The molecule has 9 heteroatoms. The normalized spacial score (nSPS) is 13.7. The number of nitrogens with zero attached hydrogens (tertiary/aromatic N) is 3. The Morgan fingerprint density at radius 1 is 1.53 bits per heavy atom. The van der Waals surface area contributed by atoms with Crippen molar-refractivity contribution >= 4 is 11.6 Å². The molecule has 0 saturated heterocycles. The minimum absolute atomic E-state index is 0.0164. The molecule has 0 bridgehead atoms. The second-order valence-corrected chi connectivity index (χ2v) is 3.84. The third-order valence-electron chi connectivity index (χ3n) is 2.56. The van der Waals surface area contributed by atoms with E-state index in [0.717, 1.165) is 10.6 Å². The fraction of sp³-hybridized carbons (Fsp3) is 0.300. The van der Waals surface area contributed by atoms with Crippen molar-refractivity contribution in [1.29, 1.82) is 0 Å². The summed E-state index contributed by atoms with van der Waals surface area (Å²) in [6, 6.07) is 0.780. The van der Waals surface area contributed by atoms with Gasteiger partial charge in [-0.3, -0.25) is 4.79 Å². The molecule has 0 aliphatic rings. The van der Waals surface area contributed by atoms with Crippen LogP contribution < -0.4 is 5.73 Å². The molecule has 2 rings (SSSR count). The average Bonchev–Trinajstić information content (AvgIpc) is 2.72. The van der Waals surface area contributed by atoms with Gasteiger partial charge in [-0.15, -0.1) is 0 Å². The Morgan fingerprint density at radius 3 is 2.74 bits per heavy atom. The molecule has 6 nitrogen and oxygen atoms in total. The number of carboxylic acids is 1. The first kappa shape index (κ1) is 13.3. The fourth-order valence-electron chi connectivity index (χ4n) is 1.59. The summed E-state index contributed by atoms with van der Waals surface area (Å²) in [4.78, 5) is 14.7. The highest BCUT2D eigenvalue weighted by atomic mass is 19.4. The van der Waals surface area contributed by atoms with Gasteiger partial charge in [0, 0.05) is 30.6 Å². The van der Waals surface area contributed by atoms with Crippen LogP contribution in [-0.4, -0.2) is 32.2 Å². The molecular weight excluding hydrogens is 265 g/mol. The van der Waals surface area contributed by atoms with Gasteiger partial charge in [-0.1, -0.05) is 0 Å². The standard InChI is InChI=1S/C10H9F3N4O2/c11-10(12,13)7-1-8-15-3-5(4-17(8)16-7)6(2-14)9(18)19/h1,3-4,6H,2,14H2,(H,18,19). The van der Waals surface area contributed by atoms with Gasteiger partial charge < -0.3 is 10.8 Å². The Kier molecular flexibility index (Phi) is 3.14. The van der Waals surface area contributed by atoms with E-state index in [0.29, 0.717) is 0 Å². The molecule has 0 radical (unpaired) electrons. The van der Waals surface area contributed by atoms with Gasteiger partial charge in [0.05, 0.1) is 5.92 Å². The molecule has 19 heavy (non-hydrogen) atoms. The van der Waals surface area contributed by atoms with Crippen LogP contribution >= 0.6 is 0 Å². The molecule has 1 unspecified atom stereocenters. The van der Waals surface area contributed by atoms with Gasteiger partial charge in [-0.2, -0.15) is 18.3 Å². The molecule has 0 aromatic carbocycles. The van der Waals surface area contributed by atoms with Crippen LogP contribution in [0.1, 0.15) is 17.2 Å². The van der Waals surface area contributed by atoms with Crippen molar-refractivity contribution < 1.29 is 23.1 Å². The van der Waals surface area contributed by atoms with Crippen molar-refractivity contribution in [3.63, 3.8) is 0 Å². The molecule has 2 aromatic heterocycles. The van der Waals surface area contributed by atoms with Gasteiger partial charge >= 0.3 is 12.1 Å². The van der Waals surface area contributed by atoms with Gasteiger partial charge in [0.2, 0.25) is 0 Å². The van der Waals surface area contributed by atoms with E-state index >= 15 is 0 Å². The molecule has 0 spiro atoms. The molecular formula is C10H9F3N4O2. The third kappa shape index (κ3) is 2.50. The highest BCUT2D eigenvalue weighted by molar-refractivity contribution is 5.76. The van der Waals surface area contributed by atoms with Crippen LogP contribution in [0.5, 0.6) is 0 Å². The number of alkyl halides is 3. The highest BCUT2D eigenvalue weighted by Gasteiger charge is 2.34. The van der Waals surface area contributed by atoms with Crippen LogP contribution in [0.4, 0.5) is 13.2 Å². The van der Waals surface area contributed by atoms with Crippen LogP contribution in [0.25, 0.3) is 5.65 Å². The lowest BCUT2D eigenvalue weighted by atomic mass is 10.0. The highest BCUT2D eigenvalue weighted by Crippen LogP contribution is 2.28.